The molecule has 0 aliphatic carbocycles. The second-order valence-electron chi connectivity index (χ2n) is 2.44. The predicted octanol–water partition coefficient (Wildman–Crippen LogP) is 1.76. The highest BCUT2D eigenvalue weighted by Crippen LogP contribution is 2.31. The third-order valence-corrected chi connectivity index (χ3v) is 2.53. The van der Waals surface area contributed by atoms with Crippen LogP contribution in [0.1, 0.15) is 15.9 Å². The minimum Gasteiger partial charge on any atom is -0.495 e. The molecule has 1 aromatic rings. The van der Waals surface area contributed by atoms with Crippen molar-refractivity contribution in [1.82, 2.24) is 0 Å². The lowest BCUT2D eigenvalue weighted by Crippen LogP contribution is -1.95. The van der Waals surface area contributed by atoms with E-state index >= 15 is 0 Å². The second kappa shape index (κ2) is 4.39. The summed E-state index contributed by atoms with van der Waals surface area (Å²) in [5.41, 5.74) is 1.16. The van der Waals surface area contributed by atoms with E-state index in [1.54, 1.807) is 12.1 Å². The van der Waals surface area contributed by atoms with Gasteiger partial charge in [0.25, 0.3) is 0 Å². The minimum atomic E-state index is -0.110. The van der Waals surface area contributed by atoms with E-state index in [1.165, 1.54) is 7.11 Å². The molecule has 0 radical (unpaired) electrons. The van der Waals surface area contributed by atoms with Gasteiger partial charge in [-0.05, 0) is 22.0 Å². The lowest BCUT2D eigenvalue weighted by molar-refractivity contribution is 0.112. The molecule has 4 heteroatoms. The van der Waals surface area contributed by atoms with Crippen molar-refractivity contribution >= 4 is 22.2 Å². The van der Waals surface area contributed by atoms with Crippen molar-refractivity contribution in [2.24, 2.45) is 0 Å². The molecule has 1 N–H and O–H groups in total. The fourth-order valence-corrected chi connectivity index (χ4v) is 1.69. The zero-order chi connectivity index (χ0) is 9.84. The van der Waals surface area contributed by atoms with Crippen LogP contribution in [-0.4, -0.2) is 18.5 Å². The summed E-state index contributed by atoms with van der Waals surface area (Å²) >= 11 is 3.23. The first-order chi connectivity index (χ1) is 6.24. The number of aliphatic hydroxyl groups excluding tert-OH is 1. The molecule has 0 bridgehead atoms. The van der Waals surface area contributed by atoms with Crippen molar-refractivity contribution in [2.45, 2.75) is 6.61 Å². The van der Waals surface area contributed by atoms with Gasteiger partial charge in [0.05, 0.1) is 18.2 Å². The van der Waals surface area contributed by atoms with Crippen molar-refractivity contribution in [3.05, 3.63) is 27.7 Å². The van der Waals surface area contributed by atoms with Crippen LogP contribution in [0.3, 0.4) is 0 Å². The first kappa shape index (κ1) is 10.2. The average Bonchev–Trinajstić information content (AvgIpc) is 2.17. The Bertz CT molecular complexity index is 323. The summed E-state index contributed by atoms with van der Waals surface area (Å²) in [5.74, 6) is 0.507. The number of aliphatic hydroxyl groups is 1. The van der Waals surface area contributed by atoms with Gasteiger partial charge < -0.3 is 9.84 Å². The van der Waals surface area contributed by atoms with Gasteiger partial charge in [0.2, 0.25) is 0 Å². The first-order valence-corrected chi connectivity index (χ1v) is 4.45. The van der Waals surface area contributed by atoms with Crippen molar-refractivity contribution in [3.63, 3.8) is 0 Å². The number of hydrogen-bond donors (Lipinski definition) is 1. The van der Waals surface area contributed by atoms with Gasteiger partial charge in [-0.25, -0.2) is 0 Å². The molecule has 1 aromatic carbocycles. The quantitative estimate of drug-likeness (QED) is 0.825. The highest BCUT2D eigenvalue weighted by molar-refractivity contribution is 9.10. The Labute approximate surface area is 84.5 Å². The predicted molar refractivity (Wildman–Crippen MR) is 52.0 cm³/mol. The highest BCUT2D eigenvalue weighted by atomic mass is 79.9. The zero-order valence-corrected chi connectivity index (χ0v) is 8.67. The number of ether oxygens (including phenoxy) is 1. The molecule has 0 aromatic heterocycles. The monoisotopic (exact) mass is 244 g/mol. The Hall–Kier alpha value is -0.870. The van der Waals surface area contributed by atoms with Gasteiger partial charge in [-0.3, -0.25) is 4.79 Å². The maximum Gasteiger partial charge on any atom is 0.151 e. The molecule has 0 aliphatic heterocycles. The van der Waals surface area contributed by atoms with Crippen molar-refractivity contribution in [3.8, 4) is 5.75 Å². The van der Waals surface area contributed by atoms with Gasteiger partial charge in [-0.2, -0.15) is 0 Å². The summed E-state index contributed by atoms with van der Waals surface area (Å²) < 4.78 is 5.62. The topological polar surface area (TPSA) is 46.5 Å². The fraction of sp³-hybridized carbons (Fsp3) is 0.222. The van der Waals surface area contributed by atoms with Gasteiger partial charge in [0.1, 0.15) is 5.75 Å². The number of rotatable bonds is 3. The van der Waals surface area contributed by atoms with E-state index in [2.05, 4.69) is 15.9 Å². The normalized spacial score (nSPS) is 9.77. The third-order valence-electron chi connectivity index (χ3n) is 1.71. The number of aldehydes is 1. The van der Waals surface area contributed by atoms with Crippen LogP contribution >= 0.6 is 15.9 Å². The van der Waals surface area contributed by atoms with Gasteiger partial charge in [0.15, 0.2) is 6.29 Å². The van der Waals surface area contributed by atoms with E-state index in [9.17, 15) is 4.79 Å². The highest BCUT2D eigenvalue weighted by Gasteiger charge is 2.10. The van der Waals surface area contributed by atoms with E-state index < -0.39 is 0 Å². The SMILES string of the molecule is COc1c(CO)ccc(C=O)c1Br. The molecule has 13 heavy (non-hydrogen) atoms. The van der Waals surface area contributed by atoms with Crippen molar-refractivity contribution < 1.29 is 14.6 Å². The summed E-state index contributed by atoms with van der Waals surface area (Å²) in [4.78, 5) is 10.5. The molecule has 0 heterocycles. The van der Waals surface area contributed by atoms with Gasteiger partial charge in [-0.15, -0.1) is 0 Å². The molecule has 0 amide bonds. The maximum atomic E-state index is 10.5. The van der Waals surface area contributed by atoms with Crippen molar-refractivity contribution in [2.75, 3.05) is 7.11 Å². The zero-order valence-electron chi connectivity index (χ0n) is 7.08. The van der Waals surface area contributed by atoms with E-state index in [0.717, 1.165) is 6.29 Å². The van der Waals surface area contributed by atoms with E-state index in [-0.39, 0.29) is 6.61 Å². The largest absolute Gasteiger partial charge is 0.495 e. The number of benzene rings is 1. The Kier molecular flexibility index (Phi) is 3.45. The van der Waals surface area contributed by atoms with E-state index in [0.29, 0.717) is 21.3 Å². The standard InChI is InChI=1S/C9H9BrO3/c1-13-9-7(5-12)3-2-6(4-11)8(9)10/h2-4,12H,5H2,1H3. The van der Waals surface area contributed by atoms with Gasteiger partial charge in [-0.1, -0.05) is 6.07 Å². The molecule has 0 fully saturated rings. The van der Waals surface area contributed by atoms with Crippen molar-refractivity contribution in [1.29, 1.82) is 0 Å². The van der Waals surface area contributed by atoms with Crippen LogP contribution in [-0.2, 0) is 6.61 Å². The fourth-order valence-electron chi connectivity index (χ4n) is 1.05. The van der Waals surface area contributed by atoms with Crippen LogP contribution in [0, 0.1) is 0 Å². The van der Waals surface area contributed by atoms with Crippen LogP contribution in [0.2, 0.25) is 0 Å². The van der Waals surface area contributed by atoms with Gasteiger partial charge >= 0.3 is 0 Å². The lowest BCUT2D eigenvalue weighted by Gasteiger charge is -2.09. The van der Waals surface area contributed by atoms with Gasteiger partial charge in [0, 0.05) is 11.1 Å². The second-order valence-corrected chi connectivity index (χ2v) is 3.23. The van der Waals surface area contributed by atoms with Crippen LogP contribution in [0.15, 0.2) is 16.6 Å². The Morgan fingerprint density at radius 3 is 2.77 bits per heavy atom. The Morgan fingerprint density at radius 1 is 1.62 bits per heavy atom. The minimum absolute atomic E-state index is 0.110. The third kappa shape index (κ3) is 1.89. The molecule has 0 aliphatic rings. The molecule has 0 atom stereocenters. The first-order valence-electron chi connectivity index (χ1n) is 3.66. The maximum absolute atomic E-state index is 10.5. The molecule has 0 spiro atoms. The average molecular weight is 245 g/mol. The number of methoxy groups -OCH3 is 1. The summed E-state index contributed by atoms with van der Waals surface area (Å²) in [6.45, 7) is -0.110. The summed E-state index contributed by atoms with van der Waals surface area (Å²) in [5, 5.41) is 8.95. The number of hydrogen-bond acceptors (Lipinski definition) is 3. The summed E-state index contributed by atoms with van der Waals surface area (Å²) in [7, 11) is 1.49. The summed E-state index contributed by atoms with van der Waals surface area (Å²) in [6.07, 6.45) is 0.730. The summed E-state index contributed by atoms with van der Waals surface area (Å²) in [6, 6.07) is 3.29. The van der Waals surface area contributed by atoms with E-state index in [4.69, 9.17) is 9.84 Å². The molecule has 0 saturated carbocycles. The molecule has 0 unspecified atom stereocenters. The Balaban J connectivity index is 3.31. The molecule has 0 saturated heterocycles. The van der Waals surface area contributed by atoms with Crippen LogP contribution in [0.4, 0.5) is 0 Å². The lowest BCUT2D eigenvalue weighted by atomic mass is 10.1. The van der Waals surface area contributed by atoms with Crippen LogP contribution in [0.25, 0.3) is 0 Å². The Morgan fingerprint density at radius 2 is 2.31 bits per heavy atom. The molecular formula is C9H9BrO3. The number of carbonyl (C=O) groups is 1. The molecule has 3 nitrogen and oxygen atoms in total. The van der Waals surface area contributed by atoms with Crippen LogP contribution in [0.5, 0.6) is 5.75 Å². The van der Waals surface area contributed by atoms with Crippen LogP contribution < -0.4 is 4.74 Å². The molecular weight excluding hydrogens is 236 g/mol. The number of carbonyl (C=O) groups excluding carboxylic acids is 1. The number of halogens is 1. The molecule has 70 valence electrons. The molecule has 1 rings (SSSR count). The van der Waals surface area contributed by atoms with E-state index in [1.807, 2.05) is 0 Å². The smallest absolute Gasteiger partial charge is 0.151 e.